The van der Waals surface area contributed by atoms with Crippen LogP contribution in [0.2, 0.25) is 0 Å². The van der Waals surface area contributed by atoms with Crippen LogP contribution >= 0.6 is 15.9 Å². The van der Waals surface area contributed by atoms with Crippen molar-refractivity contribution >= 4 is 27.5 Å². The number of hydrogen-bond acceptors (Lipinski definition) is 2. The van der Waals surface area contributed by atoms with Crippen molar-refractivity contribution in [2.45, 2.75) is 0 Å². The summed E-state index contributed by atoms with van der Waals surface area (Å²) in [6.45, 7) is 3.87. The predicted octanol–water partition coefficient (Wildman–Crippen LogP) is 2.88. The Morgan fingerprint density at radius 3 is 2.71 bits per heavy atom. The number of carbonyl (C=O) groups excluding carboxylic acids is 1. The molecule has 14 heavy (non-hydrogen) atoms. The van der Waals surface area contributed by atoms with Crippen molar-refractivity contribution in [1.82, 2.24) is 0 Å². The van der Waals surface area contributed by atoms with Gasteiger partial charge in [-0.15, -0.1) is 0 Å². The molecular weight excluding hydrogens is 244 g/mol. The first-order chi connectivity index (χ1) is 6.69. The van der Waals surface area contributed by atoms with Gasteiger partial charge < -0.3 is 4.74 Å². The molecule has 0 aliphatic rings. The standard InChI is InChI=1S/C11H11BrO2/c1-8(7-12)9-4-3-5-10(6-9)11(13)14-2/h3-6H,1,7H2,2H3. The van der Waals surface area contributed by atoms with E-state index in [2.05, 4.69) is 27.2 Å². The Balaban J connectivity index is 3.01. The zero-order valence-electron chi connectivity index (χ0n) is 7.92. The number of esters is 1. The van der Waals surface area contributed by atoms with Crippen LogP contribution in [0.25, 0.3) is 5.57 Å². The van der Waals surface area contributed by atoms with Gasteiger partial charge in [-0.05, 0) is 23.3 Å². The van der Waals surface area contributed by atoms with E-state index in [1.54, 1.807) is 12.1 Å². The Labute approximate surface area is 91.7 Å². The number of alkyl halides is 1. The Morgan fingerprint density at radius 1 is 1.50 bits per heavy atom. The molecule has 2 nitrogen and oxygen atoms in total. The fraction of sp³-hybridized carbons (Fsp3) is 0.182. The van der Waals surface area contributed by atoms with E-state index in [-0.39, 0.29) is 5.97 Å². The molecule has 0 N–H and O–H groups in total. The molecule has 0 spiro atoms. The van der Waals surface area contributed by atoms with E-state index in [0.717, 1.165) is 11.1 Å². The molecule has 1 aromatic carbocycles. The largest absolute Gasteiger partial charge is 0.465 e. The molecule has 0 bridgehead atoms. The van der Waals surface area contributed by atoms with Crippen LogP contribution in [0, 0.1) is 0 Å². The molecule has 0 amide bonds. The molecule has 74 valence electrons. The molecule has 0 aliphatic carbocycles. The first-order valence-corrected chi connectivity index (χ1v) is 5.23. The lowest BCUT2D eigenvalue weighted by atomic mass is 10.1. The van der Waals surface area contributed by atoms with E-state index in [9.17, 15) is 4.79 Å². The van der Waals surface area contributed by atoms with Gasteiger partial charge >= 0.3 is 5.97 Å². The number of allylic oxidation sites excluding steroid dienone is 1. The van der Waals surface area contributed by atoms with E-state index in [1.807, 2.05) is 12.1 Å². The minimum atomic E-state index is -0.325. The number of methoxy groups -OCH3 is 1. The Kier molecular flexibility index (Phi) is 3.89. The highest BCUT2D eigenvalue weighted by atomic mass is 79.9. The third-order valence-electron chi connectivity index (χ3n) is 1.85. The summed E-state index contributed by atoms with van der Waals surface area (Å²) < 4.78 is 4.62. The molecule has 1 aromatic rings. The third kappa shape index (κ3) is 2.45. The number of ether oxygens (including phenoxy) is 1. The van der Waals surface area contributed by atoms with Gasteiger partial charge in [-0.2, -0.15) is 0 Å². The molecule has 0 radical (unpaired) electrons. The van der Waals surface area contributed by atoms with Crippen molar-refractivity contribution in [1.29, 1.82) is 0 Å². The monoisotopic (exact) mass is 254 g/mol. The van der Waals surface area contributed by atoms with Crippen molar-refractivity contribution in [3.63, 3.8) is 0 Å². The SMILES string of the molecule is C=C(CBr)c1cccc(C(=O)OC)c1. The average Bonchev–Trinajstić information content (AvgIpc) is 2.27. The van der Waals surface area contributed by atoms with E-state index in [0.29, 0.717) is 10.9 Å². The van der Waals surface area contributed by atoms with E-state index in [4.69, 9.17) is 0 Å². The Hall–Kier alpha value is -1.09. The first-order valence-electron chi connectivity index (χ1n) is 4.11. The van der Waals surface area contributed by atoms with Crippen molar-refractivity contribution in [2.24, 2.45) is 0 Å². The van der Waals surface area contributed by atoms with Crippen molar-refractivity contribution in [2.75, 3.05) is 12.4 Å². The summed E-state index contributed by atoms with van der Waals surface area (Å²) in [6.07, 6.45) is 0. The van der Waals surface area contributed by atoms with E-state index < -0.39 is 0 Å². The van der Waals surface area contributed by atoms with Crippen LogP contribution in [-0.4, -0.2) is 18.4 Å². The molecule has 0 heterocycles. The lowest BCUT2D eigenvalue weighted by Crippen LogP contribution is -2.01. The Morgan fingerprint density at radius 2 is 2.14 bits per heavy atom. The minimum absolute atomic E-state index is 0.325. The van der Waals surface area contributed by atoms with Crippen LogP contribution in [0.5, 0.6) is 0 Å². The van der Waals surface area contributed by atoms with Gasteiger partial charge in [0.2, 0.25) is 0 Å². The summed E-state index contributed by atoms with van der Waals surface area (Å²) in [5.41, 5.74) is 2.44. The van der Waals surface area contributed by atoms with Gasteiger partial charge in [-0.1, -0.05) is 34.6 Å². The number of carbonyl (C=O) groups is 1. The van der Waals surface area contributed by atoms with Gasteiger partial charge in [-0.25, -0.2) is 4.79 Å². The van der Waals surface area contributed by atoms with E-state index >= 15 is 0 Å². The summed E-state index contributed by atoms with van der Waals surface area (Å²) in [5, 5.41) is 0.692. The maximum absolute atomic E-state index is 11.2. The average molecular weight is 255 g/mol. The molecule has 0 atom stereocenters. The predicted molar refractivity (Wildman–Crippen MR) is 60.6 cm³/mol. The molecular formula is C11H11BrO2. The number of hydrogen-bond donors (Lipinski definition) is 0. The second-order valence-corrected chi connectivity index (χ2v) is 3.37. The van der Waals surface area contributed by atoms with E-state index in [1.165, 1.54) is 7.11 Å². The van der Waals surface area contributed by atoms with Crippen molar-refractivity contribution < 1.29 is 9.53 Å². The first kappa shape index (κ1) is 11.0. The molecule has 0 aliphatic heterocycles. The van der Waals surface area contributed by atoms with Crippen LogP contribution < -0.4 is 0 Å². The van der Waals surface area contributed by atoms with Crippen molar-refractivity contribution in [3.8, 4) is 0 Å². The number of halogens is 1. The lowest BCUT2D eigenvalue weighted by Gasteiger charge is -2.04. The van der Waals surface area contributed by atoms with Gasteiger partial charge in [-0.3, -0.25) is 0 Å². The van der Waals surface area contributed by atoms with Crippen LogP contribution in [0.15, 0.2) is 30.8 Å². The summed E-state index contributed by atoms with van der Waals surface area (Å²) in [6, 6.07) is 7.22. The molecule has 0 saturated carbocycles. The molecule has 1 rings (SSSR count). The van der Waals surface area contributed by atoms with Gasteiger partial charge in [0.15, 0.2) is 0 Å². The molecule has 3 heteroatoms. The second kappa shape index (κ2) is 4.96. The van der Waals surface area contributed by atoms with Gasteiger partial charge in [0, 0.05) is 5.33 Å². The minimum Gasteiger partial charge on any atom is -0.465 e. The fourth-order valence-electron chi connectivity index (χ4n) is 1.06. The van der Waals surface area contributed by atoms with Crippen LogP contribution in [0.1, 0.15) is 15.9 Å². The number of rotatable bonds is 3. The molecule has 0 fully saturated rings. The molecule has 0 unspecified atom stereocenters. The quantitative estimate of drug-likeness (QED) is 0.613. The normalized spacial score (nSPS) is 9.57. The highest BCUT2D eigenvalue weighted by Gasteiger charge is 2.06. The van der Waals surface area contributed by atoms with Crippen molar-refractivity contribution in [3.05, 3.63) is 42.0 Å². The summed E-state index contributed by atoms with van der Waals surface area (Å²) in [5.74, 6) is -0.325. The van der Waals surface area contributed by atoms with Crippen LogP contribution in [0.3, 0.4) is 0 Å². The van der Waals surface area contributed by atoms with Crippen LogP contribution in [-0.2, 0) is 4.74 Å². The third-order valence-corrected chi connectivity index (χ3v) is 2.53. The van der Waals surface area contributed by atoms with Gasteiger partial charge in [0.1, 0.15) is 0 Å². The second-order valence-electron chi connectivity index (χ2n) is 2.81. The highest BCUT2D eigenvalue weighted by Crippen LogP contribution is 2.16. The van der Waals surface area contributed by atoms with Gasteiger partial charge in [0.05, 0.1) is 12.7 Å². The maximum atomic E-state index is 11.2. The fourth-order valence-corrected chi connectivity index (χ4v) is 1.38. The lowest BCUT2D eigenvalue weighted by molar-refractivity contribution is 0.0600. The topological polar surface area (TPSA) is 26.3 Å². The van der Waals surface area contributed by atoms with Crippen LogP contribution in [0.4, 0.5) is 0 Å². The highest BCUT2D eigenvalue weighted by molar-refractivity contribution is 9.09. The van der Waals surface area contributed by atoms with Gasteiger partial charge in [0.25, 0.3) is 0 Å². The summed E-state index contributed by atoms with van der Waals surface area (Å²) >= 11 is 3.31. The molecule has 0 aromatic heterocycles. The zero-order chi connectivity index (χ0) is 10.6. The zero-order valence-corrected chi connectivity index (χ0v) is 9.50. The summed E-state index contributed by atoms with van der Waals surface area (Å²) in [4.78, 5) is 11.2. The number of benzene rings is 1. The smallest absolute Gasteiger partial charge is 0.337 e. The Bertz CT molecular complexity index is 327. The summed E-state index contributed by atoms with van der Waals surface area (Å²) in [7, 11) is 1.37. The molecule has 0 saturated heterocycles. The maximum Gasteiger partial charge on any atom is 0.337 e.